The summed E-state index contributed by atoms with van der Waals surface area (Å²) < 4.78 is 5.11. The van der Waals surface area contributed by atoms with Gasteiger partial charge in [0.1, 0.15) is 0 Å². The Hall–Kier alpha value is -1.72. The lowest BCUT2D eigenvalue weighted by molar-refractivity contribution is 0.259. The maximum atomic E-state index is 8.91. The van der Waals surface area contributed by atoms with Gasteiger partial charge >= 0.3 is 0 Å². The first-order chi connectivity index (χ1) is 8.60. The lowest BCUT2D eigenvalue weighted by Gasteiger charge is -2.02. The third-order valence-corrected chi connectivity index (χ3v) is 2.94. The van der Waals surface area contributed by atoms with Gasteiger partial charge < -0.3 is 15.4 Å². The standard InChI is InChI=1S/C13H17N3O2/c1-8-3-4-10(5-9(8)2)6-12-15-13(16-18-12)11(14)7-17/h3-5,11,17H,6-7,14H2,1-2H3. The van der Waals surface area contributed by atoms with Gasteiger partial charge in [0, 0.05) is 0 Å². The molecule has 2 aromatic rings. The van der Waals surface area contributed by atoms with Gasteiger partial charge in [0.2, 0.25) is 5.89 Å². The van der Waals surface area contributed by atoms with Gasteiger partial charge in [0.25, 0.3) is 0 Å². The zero-order chi connectivity index (χ0) is 13.1. The Morgan fingerprint density at radius 3 is 2.78 bits per heavy atom. The fourth-order valence-electron chi connectivity index (χ4n) is 1.66. The minimum Gasteiger partial charge on any atom is -0.394 e. The molecule has 1 unspecified atom stereocenters. The molecular weight excluding hydrogens is 230 g/mol. The summed E-state index contributed by atoms with van der Waals surface area (Å²) in [6.07, 6.45) is 0.576. The summed E-state index contributed by atoms with van der Waals surface area (Å²) in [5.41, 5.74) is 9.22. The minimum atomic E-state index is -0.581. The number of nitrogens with zero attached hydrogens (tertiary/aromatic N) is 2. The number of aryl methyl sites for hydroxylation is 2. The zero-order valence-corrected chi connectivity index (χ0v) is 10.6. The normalized spacial score (nSPS) is 12.7. The number of nitrogens with two attached hydrogens (primary N) is 1. The van der Waals surface area contributed by atoms with Crippen LogP contribution in [-0.2, 0) is 6.42 Å². The molecule has 0 spiro atoms. The van der Waals surface area contributed by atoms with Crippen LogP contribution in [0.4, 0.5) is 0 Å². The van der Waals surface area contributed by atoms with Crippen LogP contribution in [0.5, 0.6) is 0 Å². The van der Waals surface area contributed by atoms with Gasteiger partial charge in [-0.2, -0.15) is 4.98 Å². The average Bonchev–Trinajstić information content (AvgIpc) is 2.81. The molecule has 0 radical (unpaired) electrons. The fourth-order valence-corrected chi connectivity index (χ4v) is 1.66. The molecule has 0 bridgehead atoms. The highest BCUT2D eigenvalue weighted by atomic mass is 16.5. The van der Waals surface area contributed by atoms with Crippen molar-refractivity contribution in [3.63, 3.8) is 0 Å². The molecule has 0 saturated carbocycles. The van der Waals surface area contributed by atoms with Crippen molar-refractivity contribution in [3.8, 4) is 0 Å². The monoisotopic (exact) mass is 247 g/mol. The zero-order valence-electron chi connectivity index (χ0n) is 10.6. The smallest absolute Gasteiger partial charge is 0.231 e. The minimum absolute atomic E-state index is 0.192. The molecule has 18 heavy (non-hydrogen) atoms. The lowest BCUT2D eigenvalue weighted by atomic mass is 10.0. The van der Waals surface area contributed by atoms with Crippen molar-refractivity contribution in [1.82, 2.24) is 10.1 Å². The second-order valence-electron chi connectivity index (χ2n) is 4.43. The number of benzene rings is 1. The summed E-state index contributed by atoms with van der Waals surface area (Å²) in [6, 6.07) is 5.63. The fraction of sp³-hybridized carbons (Fsp3) is 0.385. The van der Waals surface area contributed by atoms with Gasteiger partial charge in [-0.3, -0.25) is 0 Å². The quantitative estimate of drug-likeness (QED) is 0.849. The maximum Gasteiger partial charge on any atom is 0.231 e. The molecule has 0 aliphatic heterocycles. The number of hydrogen-bond acceptors (Lipinski definition) is 5. The molecular formula is C13H17N3O2. The van der Waals surface area contributed by atoms with Crippen LogP contribution in [0.2, 0.25) is 0 Å². The number of aliphatic hydroxyl groups is 1. The van der Waals surface area contributed by atoms with Crippen molar-refractivity contribution in [2.45, 2.75) is 26.3 Å². The Labute approximate surface area is 106 Å². The Morgan fingerprint density at radius 2 is 2.11 bits per heavy atom. The van der Waals surface area contributed by atoms with E-state index in [1.54, 1.807) is 0 Å². The van der Waals surface area contributed by atoms with Crippen molar-refractivity contribution >= 4 is 0 Å². The highest BCUT2D eigenvalue weighted by Gasteiger charge is 2.13. The van der Waals surface area contributed by atoms with Gasteiger partial charge in [0.05, 0.1) is 19.1 Å². The highest BCUT2D eigenvalue weighted by Crippen LogP contribution is 2.14. The molecule has 1 heterocycles. The summed E-state index contributed by atoms with van der Waals surface area (Å²) in [6.45, 7) is 3.95. The van der Waals surface area contributed by atoms with Crippen LogP contribution in [0, 0.1) is 13.8 Å². The van der Waals surface area contributed by atoms with Crippen molar-refractivity contribution in [3.05, 3.63) is 46.6 Å². The average molecular weight is 247 g/mol. The van der Waals surface area contributed by atoms with Crippen molar-refractivity contribution < 1.29 is 9.63 Å². The van der Waals surface area contributed by atoms with Gasteiger partial charge in [-0.05, 0) is 30.5 Å². The molecule has 1 aromatic carbocycles. The molecule has 0 saturated heterocycles. The molecule has 0 fully saturated rings. The summed E-state index contributed by atoms with van der Waals surface area (Å²) in [5.74, 6) is 0.855. The van der Waals surface area contributed by atoms with E-state index in [0.717, 1.165) is 5.56 Å². The summed E-state index contributed by atoms with van der Waals surface area (Å²) in [7, 11) is 0. The van der Waals surface area contributed by atoms with E-state index < -0.39 is 6.04 Å². The molecule has 0 amide bonds. The van der Waals surface area contributed by atoms with E-state index in [4.69, 9.17) is 15.4 Å². The van der Waals surface area contributed by atoms with Gasteiger partial charge in [-0.1, -0.05) is 23.4 Å². The van der Waals surface area contributed by atoms with E-state index in [-0.39, 0.29) is 6.61 Å². The largest absolute Gasteiger partial charge is 0.394 e. The summed E-state index contributed by atoms with van der Waals surface area (Å²) in [5, 5.41) is 12.7. The second kappa shape index (κ2) is 5.29. The SMILES string of the molecule is Cc1ccc(Cc2nc(C(N)CO)no2)cc1C. The predicted molar refractivity (Wildman–Crippen MR) is 67.0 cm³/mol. The number of aliphatic hydroxyl groups excluding tert-OH is 1. The van der Waals surface area contributed by atoms with E-state index in [0.29, 0.717) is 18.1 Å². The Kier molecular flexibility index (Phi) is 3.74. The van der Waals surface area contributed by atoms with Crippen LogP contribution < -0.4 is 5.73 Å². The topological polar surface area (TPSA) is 85.2 Å². The molecule has 0 aliphatic carbocycles. The number of aromatic nitrogens is 2. The van der Waals surface area contributed by atoms with E-state index in [9.17, 15) is 0 Å². The third-order valence-electron chi connectivity index (χ3n) is 2.94. The Balaban J connectivity index is 2.13. The summed E-state index contributed by atoms with van der Waals surface area (Å²) >= 11 is 0. The third kappa shape index (κ3) is 2.75. The van der Waals surface area contributed by atoms with Crippen LogP contribution in [0.1, 0.15) is 34.4 Å². The van der Waals surface area contributed by atoms with E-state index in [2.05, 4.69) is 36.1 Å². The second-order valence-corrected chi connectivity index (χ2v) is 4.43. The van der Waals surface area contributed by atoms with E-state index in [1.807, 2.05) is 6.07 Å². The predicted octanol–water partition coefficient (Wildman–Crippen LogP) is 1.27. The van der Waals surface area contributed by atoms with Crippen LogP contribution in [0.25, 0.3) is 0 Å². The Bertz CT molecular complexity index is 537. The van der Waals surface area contributed by atoms with Gasteiger partial charge in [-0.25, -0.2) is 0 Å². The number of rotatable bonds is 4. The molecule has 96 valence electrons. The van der Waals surface area contributed by atoms with Crippen LogP contribution in [-0.4, -0.2) is 21.9 Å². The molecule has 0 aliphatic rings. The molecule has 5 nitrogen and oxygen atoms in total. The number of hydrogen-bond donors (Lipinski definition) is 2. The lowest BCUT2D eigenvalue weighted by Crippen LogP contribution is -2.16. The first kappa shape index (κ1) is 12.7. The maximum absolute atomic E-state index is 8.91. The molecule has 2 rings (SSSR count). The van der Waals surface area contributed by atoms with E-state index in [1.165, 1.54) is 11.1 Å². The van der Waals surface area contributed by atoms with Gasteiger partial charge in [0.15, 0.2) is 5.82 Å². The van der Waals surface area contributed by atoms with Crippen molar-refractivity contribution in [1.29, 1.82) is 0 Å². The van der Waals surface area contributed by atoms with Crippen molar-refractivity contribution in [2.75, 3.05) is 6.61 Å². The molecule has 3 N–H and O–H groups in total. The highest BCUT2D eigenvalue weighted by molar-refractivity contribution is 5.31. The van der Waals surface area contributed by atoms with Crippen LogP contribution >= 0.6 is 0 Å². The van der Waals surface area contributed by atoms with Crippen LogP contribution in [0.3, 0.4) is 0 Å². The van der Waals surface area contributed by atoms with E-state index >= 15 is 0 Å². The van der Waals surface area contributed by atoms with Crippen LogP contribution in [0.15, 0.2) is 22.7 Å². The van der Waals surface area contributed by atoms with Gasteiger partial charge in [-0.15, -0.1) is 0 Å². The van der Waals surface area contributed by atoms with Crippen molar-refractivity contribution in [2.24, 2.45) is 5.73 Å². The molecule has 5 heteroatoms. The molecule has 1 aromatic heterocycles. The first-order valence-corrected chi connectivity index (χ1v) is 5.85. The molecule has 1 atom stereocenters. The summed E-state index contributed by atoms with van der Waals surface area (Å²) in [4.78, 5) is 4.17. The first-order valence-electron chi connectivity index (χ1n) is 5.85. The Morgan fingerprint density at radius 1 is 1.33 bits per heavy atom.